The van der Waals surface area contributed by atoms with Gasteiger partial charge in [0.1, 0.15) is 0 Å². The predicted octanol–water partition coefficient (Wildman–Crippen LogP) is 1.91. The van der Waals surface area contributed by atoms with Crippen LogP contribution in [0.4, 0.5) is 4.79 Å². The van der Waals surface area contributed by atoms with E-state index in [0.717, 1.165) is 52.0 Å². The second-order valence-corrected chi connectivity index (χ2v) is 6.75. The van der Waals surface area contributed by atoms with Crippen LogP contribution in [0.2, 0.25) is 0 Å². The number of nitrogens with zero attached hydrogens (tertiary/aromatic N) is 2. The first-order valence-corrected chi connectivity index (χ1v) is 7.24. The lowest BCUT2D eigenvalue weighted by Crippen LogP contribution is -2.45. The molecule has 0 radical (unpaired) electrons. The van der Waals surface area contributed by atoms with Gasteiger partial charge in [0.15, 0.2) is 0 Å². The summed E-state index contributed by atoms with van der Waals surface area (Å²) in [5.41, 5.74) is 0.308. The molecule has 2 fully saturated rings. The van der Waals surface area contributed by atoms with Crippen molar-refractivity contribution in [3.63, 3.8) is 0 Å². The molecule has 0 atom stereocenters. The summed E-state index contributed by atoms with van der Waals surface area (Å²) in [6.45, 7) is 11.6. The Balaban J connectivity index is 1.84. The highest BCUT2D eigenvalue weighted by Crippen LogP contribution is 2.23. The largest absolute Gasteiger partial charge is 0.323 e. The maximum atomic E-state index is 12.4. The number of urea groups is 1. The van der Waals surface area contributed by atoms with Crippen LogP contribution in [0.3, 0.4) is 0 Å². The summed E-state index contributed by atoms with van der Waals surface area (Å²) in [6, 6.07) is 0.740. The summed E-state index contributed by atoms with van der Waals surface area (Å²) < 4.78 is 0. The molecule has 104 valence electrons. The highest BCUT2D eigenvalue weighted by molar-refractivity contribution is 5.76. The Morgan fingerprint density at radius 3 is 2.50 bits per heavy atom. The van der Waals surface area contributed by atoms with Crippen molar-refractivity contribution in [2.45, 2.75) is 46.1 Å². The highest BCUT2D eigenvalue weighted by Gasteiger charge is 2.34. The van der Waals surface area contributed by atoms with Crippen LogP contribution in [0.5, 0.6) is 0 Å². The van der Waals surface area contributed by atoms with Crippen LogP contribution in [-0.2, 0) is 0 Å². The van der Waals surface area contributed by atoms with E-state index < -0.39 is 0 Å². The van der Waals surface area contributed by atoms with E-state index in [-0.39, 0.29) is 6.03 Å². The Bertz CT molecular complexity index is 292. The maximum absolute atomic E-state index is 12.4. The molecule has 0 saturated carbocycles. The van der Waals surface area contributed by atoms with Crippen molar-refractivity contribution in [1.29, 1.82) is 0 Å². The Hall–Kier alpha value is -0.770. The van der Waals surface area contributed by atoms with E-state index in [9.17, 15) is 4.79 Å². The van der Waals surface area contributed by atoms with E-state index in [1.807, 2.05) is 4.90 Å². The first-order chi connectivity index (χ1) is 8.47. The number of rotatable bonds is 3. The zero-order chi connectivity index (χ0) is 13.2. The van der Waals surface area contributed by atoms with Gasteiger partial charge in [-0.05, 0) is 37.8 Å². The van der Waals surface area contributed by atoms with Crippen LogP contribution in [0, 0.1) is 5.41 Å². The molecule has 1 N–H and O–H groups in total. The molecule has 2 rings (SSSR count). The first kappa shape index (κ1) is 13.7. The molecule has 0 aromatic carbocycles. The molecular weight excluding hydrogens is 226 g/mol. The minimum atomic E-state index is 0.270. The van der Waals surface area contributed by atoms with Gasteiger partial charge in [0.25, 0.3) is 0 Å². The van der Waals surface area contributed by atoms with Crippen LogP contribution in [-0.4, -0.2) is 54.6 Å². The SMILES string of the molecule is CC(C)(C)CCN1CCN(C2CCNCC2)C1=O. The van der Waals surface area contributed by atoms with Gasteiger partial charge in [-0.25, -0.2) is 4.79 Å². The van der Waals surface area contributed by atoms with Gasteiger partial charge in [-0.2, -0.15) is 0 Å². The molecule has 18 heavy (non-hydrogen) atoms. The van der Waals surface area contributed by atoms with Gasteiger partial charge >= 0.3 is 6.03 Å². The summed E-state index contributed by atoms with van der Waals surface area (Å²) in [4.78, 5) is 16.5. The van der Waals surface area contributed by atoms with Gasteiger partial charge in [-0.1, -0.05) is 20.8 Å². The molecule has 0 aliphatic carbocycles. The standard InChI is InChI=1S/C14H27N3O/c1-14(2,3)6-9-16-10-11-17(13(16)18)12-4-7-15-8-5-12/h12,15H,4-11H2,1-3H3. The molecule has 0 bridgehead atoms. The molecule has 2 saturated heterocycles. The Labute approximate surface area is 111 Å². The minimum absolute atomic E-state index is 0.270. The topological polar surface area (TPSA) is 35.6 Å². The third kappa shape index (κ3) is 3.37. The highest BCUT2D eigenvalue weighted by atomic mass is 16.2. The smallest absolute Gasteiger partial charge is 0.320 e. The number of carbonyl (C=O) groups is 1. The van der Waals surface area contributed by atoms with E-state index in [4.69, 9.17) is 0 Å². The van der Waals surface area contributed by atoms with Crippen molar-refractivity contribution < 1.29 is 4.79 Å². The number of piperidine rings is 1. The van der Waals surface area contributed by atoms with Gasteiger partial charge in [0, 0.05) is 25.7 Å². The monoisotopic (exact) mass is 253 g/mol. The summed E-state index contributed by atoms with van der Waals surface area (Å²) in [6.07, 6.45) is 3.30. The second-order valence-electron chi connectivity index (χ2n) is 6.75. The van der Waals surface area contributed by atoms with Gasteiger partial charge in [0.2, 0.25) is 0 Å². The van der Waals surface area contributed by atoms with Crippen molar-refractivity contribution in [3.8, 4) is 0 Å². The summed E-state index contributed by atoms with van der Waals surface area (Å²) in [5.74, 6) is 0. The minimum Gasteiger partial charge on any atom is -0.323 e. The van der Waals surface area contributed by atoms with Gasteiger partial charge in [-0.15, -0.1) is 0 Å². The number of hydrogen-bond donors (Lipinski definition) is 1. The van der Waals surface area contributed by atoms with E-state index in [0.29, 0.717) is 11.5 Å². The van der Waals surface area contributed by atoms with Crippen LogP contribution in [0.25, 0.3) is 0 Å². The van der Waals surface area contributed by atoms with Gasteiger partial charge in [-0.3, -0.25) is 0 Å². The van der Waals surface area contributed by atoms with Gasteiger partial charge < -0.3 is 15.1 Å². The third-order valence-corrected chi connectivity index (χ3v) is 4.01. The molecule has 4 nitrogen and oxygen atoms in total. The third-order valence-electron chi connectivity index (χ3n) is 4.01. The molecule has 2 aliphatic heterocycles. The lowest BCUT2D eigenvalue weighted by atomic mass is 9.92. The predicted molar refractivity (Wildman–Crippen MR) is 73.6 cm³/mol. The zero-order valence-corrected chi connectivity index (χ0v) is 12.0. The molecule has 0 spiro atoms. The van der Waals surface area contributed by atoms with Crippen LogP contribution in [0.1, 0.15) is 40.0 Å². The quantitative estimate of drug-likeness (QED) is 0.834. The molecule has 0 aromatic rings. The molecule has 0 unspecified atom stereocenters. The average Bonchev–Trinajstić information content (AvgIpc) is 2.68. The fraction of sp³-hybridized carbons (Fsp3) is 0.929. The lowest BCUT2D eigenvalue weighted by molar-refractivity contribution is 0.162. The Morgan fingerprint density at radius 1 is 1.22 bits per heavy atom. The molecular formula is C14H27N3O. The summed E-state index contributed by atoms with van der Waals surface area (Å²) in [7, 11) is 0. The van der Waals surface area contributed by atoms with Crippen molar-refractivity contribution in [3.05, 3.63) is 0 Å². The number of hydrogen-bond acceptors (Lipinski definition) is 2. The van der Waals surface area contributed by atoms with E-state index in [2.05, 4.69) is 31.0 Å². The van der Waals surface area contributed by atoms with Crippen molar-refractivity contribution in [2.75, 3.05) is 32.7 Å². The molecule has 2 amide bonds. The second kappa shape index (κ2) is 5.47. The number of nitrogens with one attached hydrogen (secondary N) is 1. The van der Waals surface area contributed by atoms with Crippen molar-refractivity contribution in [2.24, 2.45) is 5.41 Å². The molecule has 2 heterocycles. The molecule has 2 aliphatic rings. The van der Waals surface area contributed by atoms with E-state index in [1.54, 1.807) is 0 Å². The van der Waals surface area contributed by atoms with Crippen LogP contribution < -0.4 is 5.32 Å². The molecule has 0 aromatic heterocycles. The van der Waals surface area contributed by atoms with Crippen molar-refractivity contribution in [1.82, 2.24) is 15.1 Å². The number of carbonyl (C=O) groups excluding carboxylic acids is 1. The first-order valence-electron chi connectivity index (χ1n) is 7.24. The molecule has 4 heteroatoms. The van der Waals surface area contributed by atoms with E-state index >= 15 is 0 Å². The van der Waals surface area contributed by atoms with Crippen molar-refractivity contribution >= 4 is 6.03 Å². The Kier molecular flexibility index (Phi) is 4.15. The summed E-state index contributed by atoms with van der Waals surface area (Å²) in [5, 5.41) is 3.36. The van der Waals surface area contributed by atoms with Gasteiger partial charge in [0.05, 0.1) is 0 Å². The fourth-order valence-corrected chi connectivity index (χ4v) is 2.74. The maximum Gasteiger partial charge on any atom is 0.320 e. The number of amides is 2. The van der Waals surface area contributed by atoms with E-state index in [1.165, 1.54) is 0 Å². The fourth-order valence-electron chi connectivity index (χ4n) is 2.74. The normalized spacial score (nSPS) is 22.9. The van der Waals surface area contributed by atoms with Crippen LogP contribution >= 0.6 is 0 Å². The summed E-state index contributed by atoms with van der Waals surface area (Å²) >= 11 is 0. The lowest BCUT2D eigenvalue weighted by Gasteiger charge is -2.31. The average molecular weight is 253 g/mol. The van der Waals surface area contributed by atoms with Crippen LogP contribution in [0.15, 0.2) is 0 Å². The Morgan fingerprint density at radius 2 is 1.89 bits per heavy atom. The zero-order valence-electron chi connectivity index (χ0n) is 12.0.